The van der Waals surface area contributed by atoms with Crippen molar-refractivity contribution in [1.29, 1.82) is 0 Å². The maximum Gasteiger partial charge on any atom is 0.271 e. The third kappa shape index (κ3) is 2.33. The molecule has 4 nitrogen and oxygen atoms in total. The Hall–Kier alpha value is -1.94. The number of nitrogens with zero attached hydrogens (tertiary/aromatic N) is 2. The van der Waals surface area contributed by atoms with E-state index in [1.807, 2.05) is 24.3 Å². The summed E-state index contributed by atoms with van der Waals surface area (Å²) in [5.74, 6) is 0. The molecule has 0 atom stereocenters. The molecule has 4 heteroatoms. The van der Waals surface area contributed by atoms with Gasteiger partial charge in [0, 0.05) is 11.6 Å². The second-order valence-corrected chi connectivity index (χ2v) is 4.18. The van der Waals surface area contributed by atoms with E-state index < -0.39 is 0 Å². The van der Waals surface area contributed by atoms with Crippen molar-refractivity contribution in [2.24, 2.45) is 0 Å². The molecule has 0 aliphatic rings. The van der Waals surface area contributed by atoms with Gasteiger partial charge in [-0.2, -0.15) is 9.78 Å². The lowest BCUT2D eigenvalue weighted by atomic mass is 10.1. The van der Waals surface area contributed by atoms with Crippen LogP contribution >= 0.6 is 0 Å². The molecule has 0 amide bonds. The zero-order valence-corrected chi connectivity index (χ0v) is 10.6. The number of aromatic nitrogens is 2. The molecule has 0 radical (unpaired) electrons. The molecule has 0 spiro atoms. The Morgan fingerprint density at radius 3 is 2.50 bits per heavy atom. The smallest absolute Gasteiger partial charge is 0.271 e. The van der Waals surface area contributed by atoms with E-state index in [-0.39, 0.29) is 12.2 Å². The molecule has 2 rings (SSSR count). The molecule has 0 unspecified atom stereocenters. The summed E-state index contributed by atoms with van der Waals surface area (Å²) in [6, 6.07) is 9.16. The summed E-state index contributed by atoms with van der Waals surface area (Å²) in [6.07, 6.45) is 0.963. The van der Waals surface area contributed by atoms with Crippen molar-refractivity contribution in [3.63, 3.8) is 0 Å². The number of aliphatic hydroxyl groups excluding tert-OH is 1. The lowest BCUT2D eigenvalue weighted by Crippen LogP contribution is -2.22. The predicted octanol–water partition coefficient (Wildman–Crippen LogP) is 1.60. The predicted molar refractivity (Wildman–Crippen MR) is 69.9 cm³/mol. The second-order valence-electron chi connectivity index (χ2n) is 4.18. The quantitative estimate of drug-likeness (QED) is 0.892. The average molecular weight is 244 g/mol. The molecule has 2 aromatic rings. The van der Waals surface area contributed by atoms with Gasteiger partial charge in [0.25, 0.3) is 5.56 Å². The zero-order chi connectivity index (χ0) is 13.1. The van der Waals surface area contributed by atoms with Crippen LogP contribution in [0.3, 0.4) is 0 Å². The highest BCUT2D eigenvalue weighted by Crippen LogP contribution is 2.09. The monoisotopic (exact) mass is 244 g/mol. The van der Waals surface area contributed by atoms with E-state index in [0.717, 1.165) is 12.1 Å². The van der Waals surface area contributed by atoms with Gasteiger partial charge >= 0.3 is 0 Å². The third-order valence-electron chi connectivity index (χ3n) is 2.98. The number of rotatable bonds is 3. The molecule has 0 saturated heterocycles. The maximum atomic E-state index is 11.9. The van der Waals surface area contributed by atoms with Crippen molar-refractivity contribution < 1.29 is 5.11 Å². The van der Waals surface area contributed by atoms with Gasteiger partial charge in [-0.1, -0.05) is 19.1 Å². The van der Waals surface area contributed by atoms with Crippen molar-refractivity contribution >= 4 is 0 Å². The fourth-order valence-electron chi connectivity index (χ4n) is 1.80. The van der Waals surface area contributed by atoms with Crippen LogP contribution in [0.25, 0.3) is 5.69 Å². The Kier molecular flexibility index (Phi) is 3.58. The van der Waals surface area contributed by atoms with Crippen molar-refractivity contribution in [1.82, 2.24) is 9.78 Å². The molecule has 0 saturated carbocycles. The summed E-state index contributed by atoms with van der Waals surface area (Å²) in [7, 11) is 0. The number of aryl methyl sites for hydroxylation is 2. The molecule has 0 aliphatic heterocycles. The number of benzene rings is 1. The van der Waals surface area contributed by atoms with Gasteiger partial charge in [0.05, 0.1) is 18.0 Å². The SMILES string of the molecule is CCc1ccc(-n2nc(C)c(CO)cc2=O)cc1. The highest BCUT2D eigenvalue weighted by Gasteiger charge is 2.06. The summed E-state index contributed by atoms with van der Waals surface area (Å²) >= 11 is 0. The Labute approximate surface area is 106 Å². The number of aliphatic hydroxyl groups is 1. The molecular formula is C14H16N2O2. The van der Waals surface area contributed by atoms with Crippen LogP contribution in [-0.4, -0.2) is 14.9 Å². The molecule has 0 fully saturated rings. The third-order valence-corrected chi connectivity index (χ3v) is 2.98. The van der Waals surface area contributed by atoms with Gasteiger partial charge in [-0.15, -0.1) is 0 Å². The van der Waals surface area contributed by atoms with Gasteiger partial charge < -0.3 is 5.11 Å². The molecule has 1 heterocycles. The molecule has 0 aliphatic carbocycles. The fraction of sp³-hybridized carbons (Fsp3) is 0.286. The van der Waals surface area contributed by atoms with Gasteiger partial charge in [0.2, 0.25) is 0 Å². The first-order chi connectivity index (χ1) is 8.65. The zero-order valence-electron chi connectivity index (χ0n) is 10.6. The Morgan fingerprint density at radius 2 is 1.94 bits per heavy atom. The second kappa shape index (κ2) is 5.14. The summed E-state index contributed by atoms with van der Waals surface area (Å²) in [6.45, 7) is 3.70. The van der Waals surface area contributed by atoms with E-state index in [1.54, 1.807) is 6.92 Å². The Morgan fingerprint density at radius 1 is 1.28 bits per heavy atom. The van der Waals surface area contributed by atoms with E-state index in [4.69, 9.17) is 5.11 Å². The number of hydrogen-bond donors (Lipinski definition) is 1. The molecule has 18 heavy (non-hydrogen) atoms. The van der Waals surface area contributed by atoms with Crippen LogP contribution in [0.1, 0.15) is 23.7 Å². The topological polar surface area (TPSA) is 55.1 Å². The van der Waals surface area contributed by atoms with Crippen molar-refractivity contribution in [2.75, 3.05) is 0 Å². The van der Waals surface area contributed by atoms with E-state index in [2.05, 4.69) is 12.0 Å². The summed E-state index contributed by atoms with van der Waals surface area (Å²) in [4.78, 5) is 11.9. The average Bonchev–Trinajstić information content (AvgIpc) is 2.41. The minimum Gasteiger partial charge on any atom is -0.392 e. The van der Waals surface area contributed by atoms with E-state index in [9.17, 15) is 4.79 Å². The molecule has 94 valence electrons. The van der Waals surface area contributed by atoms with Gasteiger partial charge in [0.1, 0.15) is 0 Å². The minimum absolute atomic E-state index is 0.163. The summed E-state index contributed by atoms with van der Waals surface area (Å²) in [5.41, 5.74) is 2.97. The highest BCUT2D eigenvalue weighted by molar-refractivity contribution is 5.34. The Balaban J connectivity index is 2.50. The molecule has 0 bridgehead atoms. The van der Waals surface area contributed by atoms with Gasteiger partial charge in [0.15, 0.2) is 0 Å². The highest BCUT2D eigenvalue weighted by atomic mass is 16.3. The first-order valence-corrected chi connectivity index (χ1v) is 5.95. The van der Waals surface area contributed by atoms with Gasteiger partial charge in [-0.05, 0) is 31.0 Å². The van der Waals surface area contributed by atoms with Crippen molar-refractivity contribution in [3.05, 3.63) is 57.5 Å². The Bertz CT molecular complexity index is 600. The summed E-state index contributed by atoms with van der Waals surface area (Å²) < 4.78 is 1.36. The van der Waals surface area contributed by atoms with Crippen LogP contribution < -0.4 is 5.56 Å². The van der Waals surface area contributed by atoms with Crippen LogP contribution in [0.5, 0.6) is 0 Å². The van der Waals surface area contributed by atoms with Crippen molar-refractivity contribution in [3.8, 4) is 5.69 Å². The van der Waals surface area contributed by atoms with E-state index >= 15 is 0 Å². The normalized spacial score (nSPS) is 10.6. The molecule has 1 aromatic heterocycles. The summed E-state index contributed by atoms with van der Waals surface area (Å²) in [5, 5.41) is 13.3. The number of hydrogen-bond acceptors (Lipinski definition) is 3. The minimum atomic E-state index is -0.228. The lowest BCUT2D eigenvalue weighted by Gasteiger charge is -2.08. The van der Waals surface area contributed by atoms with Crippen LogP contribution in [0.15, 0.2) is 35.1 Å². The van der Waals surface area contributed by atoms with E-state index in [1.165, 1.54) is 16.3 Å². The largest absolute Gasteiger partial charge is 0.392 e. The maximum absolute atomic E-state index is 11.9. The molecular weight excluding hydrogens is 228 g/mol. The van der Waals surface area contributed by atoms with Gasteiger partial charge in [-0.3, -0.25) is 4.79 Å². The van der Waals surface area contributed by atoms with E-state index in [0.29, 0.717) is 11.3 Å². The van der Waals surface area contributed by atoms with Gasteiger partial charge in [-0.25, -0.2) is 0 Å². The van der Waals surface area contributed by atoms with Crippen LogP contribution in [-0.2, 0) is 13.0 Å². The molecule has 1 aromatic carbocycles. The fourth-order valence-corrected chi connectivity index (χ4v) is 1.80. The van der Waals surface area contributed by atoms with Crippen molar-refractivity contribution in [2.45, 2.75) is 26.9 Å². The first kappa shape index (κ1) is 12.5. The van der Waals surface area contributed by atoms with Crippen LogP contribution in [0.4, 0.5) is 0 Å². The van der Waals surface area contributed by atoms with Crippen LogP contribution in [0, 0.1) is 6.92 Å². The molecule has 1 N–H and O–H groups in total. The lowest BCUT2D eigenvalue weighted by molar-refractivity contribution is 0.279. The standard InChI is InChI=1S/C14H16N2O2/c1-3-11-4-6-13(7-5-11)16-14(18)8-12(9-17)10(2)15-16/h4-8,17H,3,9H2,1-2H3. The first-order valence-electron chi connectivity index (χ1n) is 5.95. The van der Waals surface area contributed by atoms with Crippen LogP contribution in [0.2, 0.25) is 0 Å².